The Morgan fingerprint density at radius 2 is 1.88 bits per heavy atom. The minimum absolute atomic E-state index is 0.0736. The zero-order valence-corrected chi connectivity index (χ0v) is 14.9. The summed E-state index contributed by atoms with van der Waals surface area (Å²) in [6, 6.07) is 14.7. The van der Waals surface area contributed by atoms with E-state index in [0.717, 1.165) is 15.8 Å². The molecule has 0 saturated carbocycles. The Hall–Kier alpha value is -2.34. The Labute approximate surface area is 149 Å². The first-order valence-electron chi connectivity index (χ1n) is 7.54. The van der Waals surface area contributed by atoms with Crippen LogP contribution in [0, 0.1) is 6.92 Å². The number of hydrogen-bond donors (Lipinski definition) is 2. The maximum Gasteiger partial charge on any atom is 0.251 e. The number of rotatable bonds is 7. The van der Waals surface area contributed by atoms with Crippen LogP contribution in [-0.4, -0.2) is 31.5 Å². The van der Waals surface area contributed by atoms with Crippen molar-refractivity contribution in [3.8, 4) is 5.75 Å². The molecule has 0 unspecified atom stereocenters. The first kappa shape index (κ1) is 18.0. The summed E-state index contributed by atoms with van der Waals surface area (Å²) in [5.41, 5.74) is 1.62. The fourth-order valence-corrected chi connectivity index (χ4v) is 2.42. The van der Waals surface area contributed by atoms with Crippen molar-refractivity contribution in [1.29, 1.82) is 0 Å². The lowest BCUT2D eigenvalue weighted by Gasteiger charge is -2.09. The van der Waals surface area contributed by atoms with Gasteiger partial charge in [-0.3, -0.25) is 9.59 Å². The lowest BCUT2D eigenvalue weighted by Crippen LogP contribution is -2.38. The second-order valence-corrected chi connectivity index (χ2v) is 6.12. The quantitative estimate of drug-likeness (QED) is 0.714. The van der Waals surface area contributed by atoms with Crippen LogP contribution in [0.5, 0.6) is 5.75 Å². The lowest BCUT2D eigenvalue weighted by atomic mass is 10.2. The smallest absolute Gasteiger partial charge is 0.251 e. The van der Waals surface area contributed by atoms with Gasteiger partial charge in [0.15, 0.2) is 0 Å². The fraction of sp³-hybridized carbons (Fsp3) is 0.222. The highest BCUT2D eigenvalue weighted by molar-refractivity contribution is 9.10. The first-order chi connectivity index (χ1) is 11.5. The van der Waals surface area contributed by atoms with Crippen LogP contribution in [0.15, 0.2) is 53.0 Å². The average Bonchev–Trinajstić information content (AvgIpc) is 2.56. The lowest BCUT2D eigenvalue weighted by molar-refractivity contribution is -0.120. The van der Waals surface area contributed by atoms with Crippen LogP contribution in [0.1, 0.15) is 15.9 Å². The summed E-state index contributed by atoms with van der Waals surface area (Å²) in [7, 11) is 0. The third kappa shape index (κ3) is 6.04. The Morgan fingerprint density at radius 1 is 1.08 bits per heavy atom. The van der Waals surface area contributed by atoms with Crippen molar-refractivity contribution in [2.45, 2.75) is 6.92 Å². The van der Waals surface area contributed by atoms with E-state index in [0.29, 0.717) is 18.7 Å². The second kappa shape index (κ2) is 9.08. The molecule has 0 bridgehead atoms. The number of hydrogen-bond acceptors (Lipinski definition) is 3. The summed E-state index contributed by atoms with van der Waals surface area (Å²) >= 11 is 3.30. The number of aryl methyl sites for hydroxylation is 1. The second-order valence-electron chi connectivity index (χ2n) is 5.21. The number of amides is 2. The van der Waals surface area contributed by atoms with Gasteiger partial charge >= 0.3 is 0 Å². The van der Waals surface area contributed by atoms with E-state index in [-0.39, 0.29) is 18.4 Å². The third-order valence-corrected chi connectivity index (χ3v) is 3.67. The highest BCUT2D eigenvalue weighted by atomic mass is 79.9. The molecule has 0 aromatic heterocycles. The van der Waals surface area contributed by atoms with Gasteiger partial charge in [0.25, 0.3) is 5.91 Å². The summed E-state index contributed by atoms with van der Waals surface area (Å²) < 4.78 is 6.35. The van der Waals surface area contributed by atoms with Gasteiger partial charge in [-0.15, -0.1) is 0 Å². The van der Waals surface area contributed by atoms with Crippen LogP contribution < -0.4 is 15.4 Å². The Morgan fingerprint density at radius 3 is 2.62 bits per heavy atom. The molecule has 0 saturated heterocycles. The molecule has 5 nitrogen and oxygen atoms in total. The van der Waals surface area contributed by atoms with Crippen molar-refractivity contribution >= 4 is 27.7 Å². The molecule has 0 fully saturated rings. The molecular formula is C18H19BrN2O3. The maximum absolute atomic E-state index is 11.9. The summed E-state index contributed by atoms with van der Waals surface area (Å²) in [6.07, 6.45) is 0. The van der Waals surface area contributed by atoms with E-state index in [1.807, 2.05) is 37.3 Å². The van der Waals surface area contributed by atoms with E-state index < -0.39 is 0 Å². The van der Waals surface area contributed by atoms with E-state index in [9.17, 15) is 9.59 Å². The molecule has 2 rings (SSSR count). The molecule has 0 heterocycles. The molecule has 24 heavy (non-hydrogen) atoms. The molecule has 0 spiro atoms. The third-order valence-electron chi connectivity index (χ3n) is 3.18. The van der Waals surface area contributed by atoms with Gasteiger partial charge in [0, 0.05) is 10.0 Å². The predicted octanol–water partition coefficient (Wildman–Crippen LogP) is 2.68. The maximum atomic E-state index is 11.9. The van der Waals surface area contributed by atoms with Gasteiger partial charge < -0.3 is 15.4 Å². The van der Waals surface area contributed by atoms with Gasteiger partial charge in [0.1, 0.15) is 12.4 Å². The van der Waals surface area contributed by atoms with E-state index in [4.69, 9.17) is 4.74 Å². The van der Waals surface area contributed by atoms with Gasteiger partial charge in [-0.2, -0.15) is 0 Å². The molecule has 2 aromatic rings. The zero-order chi connectivity index (χ0) is 17.4. The Bertz CT molecular complexity index is 719. The first-order valence-corrected chi connectivity index (χ1v) is 8.34. The van der Waals surface area contributed by atoms with E-state index in [1.165, 1.54) is 0 Å². The molecular weight excluding hydrogens is 372 g/mol. The van der Waals surface area contributed by atoms with Gasteiger partial charge in [-0.25, -0.2) is 0 Å². The minimum Gasteiger partial charge on any atom is -0.492 e. The van der Waals surface area contributed by atoms with Crippen molar-refractivity contribution in [3.63, 3.8) is 0 Å². The van der Waals surface area contributed by atoms with Crippen LogP contribution in [0.4, 0.5) is 0 Å². The van der Waals surface area contributed by atoms with Gasteiger partial charge in [0.05, 0.1) is 13.1 Å². The number of ether oxygens (including phenoxy) is 1. The molecule has 0 aliphatic heterocycles. The Balaban J connectivity index is 1.65. The molecule has 0 radical (unpaired) electrons. The largest absolute Gasteiger partial charge is 0.492 e. The molecule has 0 aliphatic rings. The van der Waals surface area contributed by atoms with Crippen molar-refractivity contribution in [3.05, 3.63) is 64.1 Å². The summed E-state index contributed by atoms with van der Waals surface area (Å²) in [6.45, 7) is 2.66. The highest BCUT2D eigenvalue weighted by Gasteiger charge is 2.08. The molecule has 2 amide bonds. The predicted molar refractivity (Wildman–Crippen MR) is 96.2 cm³/mol. The van der Waals surface area contributed by atoms with Gasteiger partial charge in [-0.1, -0.05) is 34.1 Å². The van der Waals surface area contributed by atoms with Crippen molar-refractivity contribution < 1.29 is 14.3 Å². The monoisotopic (exact) mass is 390 g/mol. The number of nitrogens with one attached hydrogen (secondary N) is 2. The SMILES string of the molecule is Cc1cccc(OCCNC(=O)CNC(=O)c2cccc(Br)c2)c1. The van der Waals surface area contributed by atoms with E-state index in [1.54, 1.807) is 18.2 Å². The summed E-state index contributed by atoms with van der Waals surface area (Å²) in [5.74, 6) is 0.223. The van der Waals surface area contributed by atoms with Gasteiger partial charge in [-0.05, 0) is 42.8 Å². The molecule has 2 N–H and O–H groups in total. The van der Waals surface area contributed by atoms with Crippen molar-refractivity contribution in [2.75, 3.05) is 19.7 Å². The summed E-state index contributed by atoms with van der Waals surface area (Å²) in [4.78, 5) is 23.6. The average molecular weight is 391 g/mol. The molecule has 6 heteroatoms. The molecule has 2 aromatic carbocycles. The standard InChI is InChI=1S/C18H19BrN2O3/c1-13-4-2-7-16(10-13)24-9-8-20-17(22)12-21-18(23)14-5-3-6-15(19)11-14/h2-7,10-11H,8-9,12H2,1H3,(H,20,22)(H,21,23). The molecule has 126 valence electrons. The Kier molecular flexibility index (Phi) is 6.81. The van der Waals surface area contributed by atoms with Crippen LogP contribution >= 0.6 is 15.9 Å². The zero-order valence-electron chi connectivity index (χ0n) is 13.3. The van der Waals surface area contributed by atoms with Gasteiger partial charge in [0.2, 0.25) is 5.91 Å². The number of benzene rings is 2. The topological polar surface area (TPSA) is 67.4 Å². The van der Waals surface area contributed by atoms with E-state index in [2.05, 4.69) is 26.6 Å². The number of carbonyl (C=O) groups is 2. The van der Waals surface area contributed by atoms with Crippen LogP contribution in [-0.2, 0) is 4.79 Å². The number of carbonyl (C=O) groups excluding carboxylic acids is 2. The fourth-order valence-electron chi connectivity index (χ4n) is 2.02. The highest BCUT2D eigenvalue weighted by Crippen LogP contribution is 2.12. The van der Waals surface area contributed by atoms with E-state index >= 15 is 0 Å². The summed E-state index contributed by atoms with van der Waals surface area (Å²) in [5, 5.41) is 5.28. The van der Waals surface area contributed by atoms with Crippen LogP contribution in [0.2, 0.25) is 0 Å². The molecule has 0 atom stereocenters. The number of halogens is 1. The van der Waals surface area contributed by atoms with Crippen LogP contribution in [0.3, 0.4) is 0 Å². The molecule has 0 aliphatic carbocycles. The van der Waals surface area contributed by atoms with Crippen molar-refractivity contribution in [1.82, 2.24) is 10.6 Å². The van der Waals surface area contributed by atoms with Crippen LogP contribution in [0.25, 0.3) is 0 Å². The normalized spacial score (nSPS) is 10.1. The van der Waals surface area contributed by atoms with Crippen molar-refractivity contribution in [2.24, 2.45) is 0 Å². The minimum atomic E-state index is -0.289.